The summed E-state index contributed by atoms with van der Waals surface area (Å²) in [5.41, 5.74) is 4.27. The van der Waals surface area contributed by atoms with Gasteiger partial charge in [0.1, 0.15) is 5.75 Å². The highest BCUT2D eigenvalue weighted by molar-refractivity contribution is 5.90. The standard InChI is InChI=1S/C22H19O2/c1-17-7-5-6-8-19(17)14-11-18-12-15-21(16-13-18)24-22(23)20-9-3-2-4-10-20/h2-13,15-16H,14H2,1H3. The monoisotopic (exact) mass is 315 g/mol. The largest absolute Gasteiger partial charge is 0.423 e. The fraction of sp³-hybridized carbons (Fsp3) is 0.0909. The van der Waals surface area contributed by atoms with Crippen LogP contribution in [-0.2, 0) is 6.42 Å². The lowest BCUT2D eigenvalue weighted by Crippen LogP contribution is -2.08. The van der Waals surface area contributed by atoms with Crippen molar-refractivity contribution in [1.82, 2.24) is 0 Å². The minimum Gasteiger partial charge on any atom is -0.423 e. The van der Waals surface area contributed by atoms with Crippen LogP contribution < -0.4 is 4.74 Å². The third-order valence-electron chi connectivity index (χ3n) is 3.92. The lowest BCUT2D eigenvalue weighted by molar-refractivity contribution is 0.0735. The first-order valence-corrected chi connectivity index (χ1v) is 7.97. The quantitative estimate of drug-likeness (QED) is 0.489. The minimum atomic E-state index is -0.341. The van der Waals surface area contributed by atoms with Crippen molar-refractivity contribution in [1.29, 1.82) is 0 Å². The maximum Gasteiger partial charge on any atom is 0.343 e. The van der Waals surface area contributed by atoms with Gasteiger partial charge in [-0.15, -0.1) is 0 Å². The van der Waals surface area contributed by atoms with Crippen LogP contribution in [0.1, 0.15) is 27.0 Å². The zero-order valence-electron chi connectivity index (χ0n) is 13.6. The molecule has 2 nitrogen and oxygen atoms in total. The number of carbonyl (C=O) groups excluding carboxylic acids is 1. The van der Waals surface area contributed by atoms with Crippen LogP contribution in [0.4, 0.5) is 0 Å². The summed E-state index contributed by atoms with van der Waals surface area (Å²) in [6.45, 7) is 2.12. The van der Waals surface area contributed by atoms with Gasteiger partial charge >= 0.3 is 5.97 Å². The second kappa shape index (κ2) is 7.60. The molecule has 0 aliphatic rings. The highest BCUT2D eigenvalue weighted by Crippen LogP contribution is 2.17. The van der Waals surface area contributed by atoms with Gasteiger partial charge in [-0.05, 0) is 60.7 Å². The molecule has 0 atom stereocenters. The van der Waals surface area contributed by atoms with Crippen LogP contribution in [0.5, 0.6) is 5.75 Å². The Balaban J connectivity index is 1.59. The zero-order chi connectivity index (χ0) is 16.8. The molecule has 0 heterocycles. The molecule has 3 aromatic rings. The van der Waals surface area contributed by atoms with Crippen molar-refractivity contribution in [3.63, 3.8) is 0 Å². The van der Waals surface area contributed by atoms with Gasteiger partial charge in [0.25, 0.3) is 0 Å². The van der Waals surface area contributed by atoms with Crippen molar-refractivity contribution in [2.45, 2.75) is 13.3 Å². The molecule has 0 saturated heterocycles. The number of hydrogen-bond donors (Lipinski definition) is 0. The van der Waals surface area contributed by atoms with E-state index >= 15 is 0 Å². The van der Waals surface area contributed by atoms with Crippen LogP contribution in [0, 0.1) is 13.3 Å². The third-order valence-corrected chi connectivity index (χ3v) is 3.92. The molecule has 0 spiro atoms. The first-order chi connectivity index (χ1) is 11.7. The summed E-state index contributed by atoms with van der Waals surface area (Å²) in [4.78, 5) is 12.0. The van der Waals surface area contributed by atoms with Gasteiger partial charge in [0, 0.05) is 0 Å². The highest BCUT2D eigenvalue weighted by Gasteiger charge is 2.07. The number of ether oxygens (including phenoxy) is 1. The van der Waals surface area contributed by atoms with Crippen molar-refractivity contribution in [3.8, 4) is 5.75 Å². The second-order valence-electron chi connectivity index (χ2n) is 5.66. The average Bonchev–Trinajstić information content (AvgIpc) is 2.63. The predicted molar refractivity (Wildman–Crippen MR) is 96.1 cm³/mol. The van der Waals surface area contributed by atoms with Crippen molar-refractivity contribution < 1.29 is 9.53 Å². The molecule has 0 aliphatic heterocycles. The Morgan fingerprint density at radius 1 is 0.875 bits per heavy atom. The summed E-state index contributed by atoms with van der Waals surface area (Å²) in [6.07, 6.45) is 3.06. The van der Waals surface area contributed by atoms with E-state index in [2.05, 4.69) is 37.6 Å². The summed E-state index contributed by atoms with van der Waals surface area (Å²) in [7, 11) is 0. The number of hydrogen-bond acceptors (Lipinski definition) is 2. The summed E-state index contributed by atoms with van der Waals surface area (Å²) in [6, 6.07) is 24.9. The Hall–Kier alpha value is -2.87. The third kappa shape index (κ3) is 4.11. The summed E-state index contributed by atoms with van der Waals surface area (Å²) < 4.78 is 5.38. The van der Waals surface area contributed by atoms with Crippen molar-refractivity contribution >= 4 is 5.97 Å². The van der Waals surface area contributed by atoms with E-state index in [1.54, 1.807) is 12.1 Å². The van der Waals surface area contributed by atoms with Gasteiger partial charge in [0.15, 0.2) is 0 Å². The molecule has 24 heavy (non-hydrogen) atoms. The van der Waals surface area contributed by atoms with Gasteiger partial charge < -0.3 is 4.74 Å². The van der Waals surface area contributed by atoms with Gasteiger partial charge in [0.2, 0.25) is 0 Å². The van der Waals surface area contributed by atoms with Gasteiger partial charge in [0.05, 0.1) is 5.56 Å². The maximum absolute atomic E-state index is 12.0. The molecule has 0 fully saturated rings. The van der Waals surface area contributed by atoms with E-state index in [1.807, 2.05) is 42.5 Å². The smallest absolute Gasteiger partial charge is 0.343 e. The van der Waals surface area contributed by atoms with E-state index in [9.17, 15) is 4.79 Å². The Morgan fingerprint density at radius 3 is 2.25 bits per heavy atom. The number of esters is 1. The predicted octanol–water partition coefficient (Wildman–Crippen LogP) is 5.01. The SMILES string of the molecule is Cc1ccccc1C[CH]c1ccc(OC(=O)c2ccccc2)cc1. The molecule has 0 unspecified atom stereocenters. The number of aryl methyl sites for hydroxylation is 1. The minimum absolute atomic E-state index is 0.341. The van der Waals surface area contributed by atoms with Crippen LogP contribution in [-0.4, -0.2) is 5.97 Å². The van der Waals surface area contributed by atoms with E-state index < -0.39 is 0 Å². The first-order valence-electron chi connectivity index (χ1n) is 7.97. The normalized spacial score (nSPS) is 10.4. The van der Waals surface area contributed by atoms with E-state index in [0.717, 1.165) is 12.0 Å². The van der Waals surface area contributed by atoms with Crippen LogP contribution in [0.25, 0.3) is 0 Å². The lowest BCUT2D eigenvalue weighted by atomic mass is 10.0. The number of benzene rings is 3. The molecule has 3 aromatic carbocycles. The van der Waals surface area contributed by atoms with E-state index in [-0.39, 0.29) is 5.97 Å². The maximum atomic E-state index is 12.0. The van der Waals surface area contributed by atoms with Crippen LogP contribution in [0.3, 0.4) is 0 Å². The van der Waals surface area contributed by atoms with Crippen LogP contribution >= 0.6 is 0 Å². The van der Waals surface area contributed by atoms with Crippen molar-refractivity contribution in [2.24, 2.45) is 0 Å². The lowest BCUT2D eigenvalue weighted by Gasteiger charge is -2.07. The van der Waals surface area contributed by atoms with Crippen molar-refractivity contribution in [2.75, 3.05) is 0 Å². The molecule has 119 valence electrons. The van der Waals surface area contributed by atoms with E-state index in [0.29, 0.717) is 11.3 Å². The highest BCUT2D eigenvalue weighted by atomic mass is 16.5. The average molecular weight is 315 g/mol. The first kappa shape index (κ1) is 16.0. The zero-order valence-corrected chi connectivity index (χ0v) is 13.6. The summed E-state index contributed by atoms with van der Waals surface area (Å²) >= 11 is 0. The van der Waals surface area contributed by atoms with E-state index in [1.165, 1.54) is 11.1 Å². The van der Waals surface area contributed by atoms with Crippen LogP contribution in [0.2, 0.25) is 0 Å². The van der Waals surface area contributed by atoms with Crippen LogP contribution in [0.15, 0.2) is 78.9 Å². The summed E-state index contributed by atoms with van der Waals surface area (Å²) in [5.74, 6) is 0.212. The molecule has 2 heteroatoms. The molecule has 0 aromatic heterocycles. The molecule has 0 aliphatic carbocycles. The van der Waals surface area contributed by atoms with Gasteiger partial charge in [-0.2, -0.15) is 0 Å². The molecule has 0 bridgehead atoms. The van der Waals surface area contributed by atoms with E-state index in [4.69, 9.17) is 4.74 Å². The Morgan fingerprint density at radius 2 is 1.54 bits per heavy atom. The Kier molecular flexibility index (Phi) is 5.07. The van der Waals surface area contributed by atoms with Gasteiger partial charge in [-0.3, -0.25) is 0 Å². The molecule has 0 saturated carbocycles. The summed E-state index contributed by atoms with van der Waals surface area (Å²) in [5, 5.41) is 0. The molecular formula is C22H19O2. The topological polar surface area (TPSA) is 26.3 Å². The second-order valence-corrected chi connectivity index (χ2v) is 5.66. The molecule has 0 amide bonds. The number of carbonyl (C=O) groups is 1. The molecule has 0 N–H and O–H groups in total. The Bertz CT molecular complexity index is 805. The fourth-order valence-electron chi connectivity index (χ4n) is 2.48. The molecule has 3 rings (SSSR count). The fourth-order valence-corrected chi connectivity index (χ4v) is 2.48. The number of rotatable bonds is 5. The van der Waals surface area contributed by atoms with Gasteiger partial charge in [-0.1, -0.05) is 54.6 Å². The molecular weight excluding hydrogens is 296 g/mol. The molecule has 1 radical (unpaired) electrons. The van der Waals surface area contributed by atoms with Crippen molar-refractivity contribution in [3.05, 3.63) is 108 Å². The van der Waals surface area contributed by atoms with Gasteiger partial charge in [-0.25, -0.2) is 4.79 Å². The Labute approximate surface area is 142 Å².